The van der Waals surface area contributed by atoms with Crippen LogP contribution in [-0.4, -0.2) is 16.0 Å². The number of nitro groups is 1. The van der Waals surface area contributed by atoms with E-state index in [-0.39, 0.29) is 22.6 Å². The van der Waals surface area contributed by atoms with Crippen molar-refractivity contribution in [3.8, 4) is 0 Å². The molecule has 0 bridgehead atoms. The summed E-state index contributed by atoms with van der Waals surface area (Å²) in [6, 6.07) is 7.28. The van der Waals surface area contributed by atoms with Gasteiger partial charge in [-0.25, -0.2) is 9.18 Å². The zero-order chi connectivity index (χ0) is 15.6. The maximum Gasteiger partial charge on any atom is 0.337 e. The van der Waals surface area contributed by atoms with Gasteiger partial charge in [0.1, 0.15) is 5.82 Å². The molecular weight excluding hydrogens is 347 g/mol. The van der Waals surface area contributed by atoms with Crippen LogP contribution in [0.2, 0.25) is 0 Å². The highest BCUT2D eigenvalue weighted by Gasteiger charge is 2.16. The Bertz CT molecular complexity index is 736. The van der Waals surface area contributed by atoms with Crippen molar-refractivity contribution in [3.05, 3.63) is 62.4 Å². The molecule has 0 amide bonds. The highest BCUT2D eigenvalue weighted by molar-refractivity contribution is 9.10. The van der Waals surface area contributed by atoms with Crippen LogP contribution in [0, 0.1) is 15.9 Å². The summed E-state index contributed by atoms with van der Waals surface area (Å²) >= 11 is 3.16. The molecule has 0 atom stereocenters. The SMILES string of the molecule is O=C(O)c1ccc([N+](=O)[O-])cc1Nc1cc(Br)ccc1F. The van der Waals surface area contributed by atoms with Gasteiger partial charge < -0.3 is 10.4 Å². The third-order valence-electron chi connectivity index (χ3n) is 2.64. The zero-order valence-corrected chi connectivity index (χ0v) is 11.9. The largest absolute Gasteiger partial charge is 0.478 e. The second-order valence-electron chi connectivity index (χ2n) is 4.04. The number of carboxylic acid groups (broad SMARTS) is 1. The summed E-state index contributed by atoms with van der Waals surface area (Å²) in [7, 11) is 0. The molecule has 21 heavy (non-hydrogen) atoms. The fourth-order valence-electron chi connectivity index (χ4n) is 1.67. The molecular formula is C13H8BrFN2O4. The second kappa shape index (κ2) is 5.88. The highest BCUT2D eigenvalue weighted by Crippen LogP contribution is 2.28. The van der Waals surface area contributed by atoms with Crippen LogP contribution in [0.4, 0.5) is 21.5 Å². The maximum atomic E-state index is 13.7. The number of nitrogens with zero attached hydrogens (tertiary/aromatic N) is 1. The normalized spacial score (nSPS) is 10.2. The van der Waals surface area contributed by atoms with Gasteiger partial charge in [0.25, 0.3) is 5.69 Å². The van der Waals surface area contributed by atoms with Gasteiger partial charge in [0.2, 0.25) is 0 Å². The van der Waals surface area contributed by atoms with E-state index in [1.807, 2.05) is 0 Å². The molecule has 2 aromatic rings. The van der Waals surface area contributed by atoms with Gasteiger partial charge in [0.05, 0.1) is 21.9 Å². The summed E-state index contributed by atoms with van der Waals surface area (Å²) in [5, 5.41) is 22.4. The molecule has 0 spiro atoms. The van der Waals surface area contributed by atoms with E-state index in [4.69, 9.17) is 5.11 Å². The Morgan fingerprint density at radius 3 is 2.57 bits per heavy atom. The number of hydrogen-bond donors (Lipinski definition) is 2. The van der Waals surface area contributed by atoms with Gasteiger partial charge >= 0.3 is 5.97 Å². The van der Waals surface area contributed by atoms with Gasteiger partial charge in [0, 0.05) is 16.6 Å². The number of non-ortho nitro benzene ring substituents is 1. The lowest BCUT2D eigenvalue weighted by molar-refractivity contribution is -0.384. The Labute approximate surface area is 126 Å². The van der Waals surface area contributed by atoms with Gasteiger partial charge in [-0.3, -0.25) is 10.1 Å². The Morgan fingerprint density at radius 1 is 1.24 bits per heavy atom. The number of nitrogens with one attached hydrogen (secondary N) is 1. The molecule has 0 aromatic heterocycles. The van der Waals surface area contributed by atoms with Crippen molar-refractivity contribution in [2.45, 2.75) is 0 Å². The fourth-order valence-corrected chi connectivity index (χ4v) is 2.04. The molecule has 108 valence electrons. The van der Waals surface area contributed by atoms with Crippen molar-refractivity contribution in [1.29, 1.82) is 0 Å². The van der Waals surface area contributed by atoms with E-state index in [0.29, 0.717) is 4.47 Å². The summed E-state index contributed by atoms with van der Waals surface area (Å²) < 4.78 is 14.3. The molecule has 0 aliphatic rings. The predicted molar refractivity (Wildman–Crippen MR) is 77.4 cm³/mol. The minimum atomic E-state index is -1.28. The van der Waals surface area contributed by atoms with Crippen molar-refractivity contribution in [2.24, 2.45) is 0 Å². The molecule has 0 aliphatic carbocycles. The molecule has 2 N–H and O–H groups in total. The third kappa shape index (κ3) is 3.34. The zero-order valence-electron chi connectivity index (χ0n) is 10.3. The average Bonchev–Trinajstić information content (AvgIpc) is 2.42. The number of halogens is 2. The van der Waals surface area contributed by atoms with Gasteiger partial charge in [-0.05, 0) is 24.3 Å². The number of hydrogen-bond acceptors (Lipinski definition) is 4. The van der Waals surface area contributed by atoms with Crippen molar-refractivity contribution in [2.75, 3.05) is 5.32 Å². The maximum absolute atomic E-state index is 13.7. The lowest BCUT2D eigenvalue weighted by Crippen LogP contribution is -2.04. The quantitative estimate of drug-likeness (QED) is 0.640. The average molecular weight is 355 g/mol. The van der Waals surface area contributed by atoms with Crippen LogP contribution in [0.25, 0.3) is 0 Å². The minimum absolute atomic E-state index is 0.00683. The molecule has 0 unspecified atom stereocenters. The molecule has 6 nitrogen and oxygen atoms in total. The van der Waals surface area contributed by atoms with Crippen LogP contribution in [-0.2, 0) is 0 Å². The summed E-state index contributed by atoms with van der Waals surface area (Å²) in [5.41, 5.74) is -0.543. The van der Waals surface area contributed by atoms with E-state index < -0.39 is 16.7 Å². The first-order valence-corrected chi connectivity index (χ1v) is 6.41. The standard InChI is InChI=1S/C13H8BrFN2O4/c14-7-1-4-10(15)12(5-7)16-11-6-8(17(20)21)2-3-9(11)13(18)19/h1-6,16H,(H,18,19). The van der Waals surface area contributed by atoms with Gasteiger partial charge in [-0.1, -0.05) is 15.9 Å². The van der Waals surface area contributed by atoms with Crippen LogP contribution in [0.5, 0.6) is 0 Å². The van der Waals surface area contributed by atoms with Crippen molar-refractivity contribution in [3.63, 3.8) is 0 Å². The Kier molecular flexibility index (Phi) is 4.18. The van der Waals surface area contributed by atoms with Gasteiger partial charge in [-0.2, -0.15) is 0 Å². The molecule has 0 saturated heterocycles. The molecule has 0 aliphatic heterocycles. The van der Waals surface area contributed by atoms with E-state index in [2.05, 4.69) is 21.2 Å². The first-order chi connectivity index (χ1) is 9.88. The third-order valence-corrected chi connectivity index (χ3v) is 3.14. The number of anilines is 2. The lowest BCUT2D eigenvalue weighted by Gasteiger charge is -2.10. The molecule has 2 rings (SSSR count). The number of aromatic carboxylic acids is 1. The van der Waals surface area contributed by atoms with Crippen LogP contribution >= 0.6 is 15.9 Å². The molecule has 2 aromatic carbocycles. The Hall–Kier alpha value is -2.48. The van der Waals surface area contributed by atoms with E-state index in [1.54, 1.807) is 0 Å². The van der Waals surface area contributed by atoms with Crippen molar-refractivity contribution in [1.82, 2.24) is 0 Å². The summed E-state index contributed by atoms with van der Waals surface area (Å²) in [6.45, 7) is 0. The van der Waals surface area contributed by atoms with E-state index in [1.165, 1.54) is 18.2 Å². The van der Waals surface area contributed by atoms with E-state index in [9.17, 15) is 19.3 Å². The molecule has 0 radical (unpaired) electrons. The number of rotatable bonds is 4. The topological polar surface area (TPSA) is 92.5 Å². The fraction of sp³-hybridized carbons (Fsp3) is 0. The molecule has 0 heterocycles. The van der Waals surface area contributed by atoms with Crippen LogP contribution in [0.1, 0.15) is 10.4 Å². The monoisotopic (exact) mass is 354 g/mol. The number of carbonyl (C=O) groups is 1. The van der Waals surface area contributed by atoms with Crippen LogP contribution in [0.3, 0.4) is 0 Å². The second-order valence-corrected chi connectivity index (χ2v) is 4.96. The van der Waals surface area contributed by atoms with Gasteiger partial charge in [0.15, 0.2) is 0 Å². The number of benzene rings is 2. The first kappa shape index (κ1) is 14.9. The smallest absolute Gasteiger partial charge is 0.337 e. The Morgan fingerprint density at radius 2 is 1.95 bits per heavy atom. The number of nitro benzene ring substituents is 1. The van der Waals surface area contributed by atoms with Crippen molar-refractivity contribution < 1.29 is 19.2 Å². The number of carboxylic acids is 1. The molecule has 0 fully saturated rings. The molecule has 8 heteroatoms. The summed E-state index contributed by atoms with van der Waals surface area (Å²) in [5.74, 6) is -1.89. The first-order valence-electron chi connectivity index (χ1n) is 5.62. The summed E-state index contributed by atoms with van der Waals surface area (Å²) in [6.07, 6.45) is 0. The van der Waals surface area contributed by atoms with E-state index in [0.717, 1.165) is 18.2 Å². The Balaban J connectivity index is 2.50. The van der Waals surface area contributed by atoms with Crippen LogP contribution < -0.4 is 5.32 Å². The lowest BCUT2D eigenvalue weighted by atomic mass is 10.1. The molecule has 0 saturated carbocycles. The summed E-state index contributed by atoms with van der Waals surface area (Å²) in [4.78, 5) is 21.2. The van der Waals surface area contributed by atoms with Crippen LogP contribution in [0.15, 0.2) is 40.9 Å². The minimum Gasteiger partial charge on any atom is -0.478 e. The van der Waals surface area contributed by atoms with Gasteiger partial charge in [-0.15, -0.1) is 0 Å². The van der Waals surface area contributed by atoms with Crippen molar-refractivity contribution >= 4 is 39.0 Å². The highest BCUT2D eigenvalue weighted by atomic mass is 79.9. The predicted octanol–water partition coefficient (Wildman–Crippen LogP) is 3.94. The van der Waals surface area contributed by atoms with E-state index >= 15 is 0 Å².